The minimum absolute atomic E-state index is 0.0841. The normalized spacial score (nSPS) is 11.5. The fourth-order valence-corrected chi connectivity index (χ4v) is 2.45. The van der Waals surface area contributed by atoms with E-state index in [0.717, 1.165) is 17.7 Å². The molecule has 0 saturated heterocycles. The van der Waals surface area contributed by atoms with Crippen LogP contribution in [0.15, 0.2) is 48.5 Å². The first kappa shape index (κ1) is 19.5. The third-order valence-electron chi connectivity index (χ3n) is 4.05. The van der Waals surface area contributed by atoms with E-state index < -0.39 is 6.10 Å². The van der Waals surface area contributed by atoms with Crippen LogP contribution in [0.2, 0.25) is 0 Å². The number of amides is 1. The number of carbonyl (C=O) groups is 2. The minimum atomic E-state index is -0.612. The van der Waals surface area contributed by atoms with Gasteiger partial charge >= 0.3 is 0 Å². The molecule has 1 amide bonds. The van der Waals surface area contributed by atoms with Crippen LogP contribution >= 0.6 is 0 Å². The van der Waals surface area contributed by atoms with Crippen molar-refractivity contribution in [1.82, 2.24) is 5.32 Å². The van der Waals surface area contributed by atoms with Gasteiger partial charge < -0.3 is 14.8 Å². The van der Waals surface area contributed by atoms with Gasteiger partial charge in [0.05, 0.1) is 7.11 Å². The number of ketones is 1. The second kappa shape index (κ2) is 9.61. The molecule has 138 valence electrons. The number of carbonyl (C=O) groups excluding carboxylic acids is 2. The summed E-state index contributed by atoms with van der Waals surface area (Å²) in [7, 11) is 1.63. The van der Waals surface area contributed by atoms with Crippen molar-refractivity contribution >= 4 is 11.7 Å². The van der Waals surface area contributed by atoms with Gasteiger partial charge in [0.15, 0.2) is 11.9 Å². The average Bonchev–Trinajstić information content (AvgIpc) is 2.68. The van der Waals surface area contributed by atoms with E-state index >= 15 is 0 Å². The fourth-order valence-electron chi connectivity index (χ4n) is 2.45. The number of rotatable bonds is 9. The quantitative estimate of drug-likeness (QED) is 0.700. The molecule has 0 heterocycles. The molecular weight excluding hydrogens is 330 g/mol. The van der Waals surface area contributed by atoms with Crippen molar-refractivity contribution in [3.8, 4) is 11.5 Å². The SMILES string of the molecule is CCC(=O)c1ccc(OC(C)C(=O)NCCc2ccc(OC)cc2)cc1. The molecule has 0 fully saturated rings. The van der Waals surface area contributed by atoms with Crippen LogP contribution in [0.3, 0.4) is 0 Å². The highest BCUT2D eigenvalue weighted by Gasteiger charge is 2.14. The first-order valence-electron chi connectivity index (χ1n) is 8.74. The molecule has 0 spiro atoms. The number of benzene rings is 2. The van der Waals surface area contributed by atoms with Gasteiger partial charge in [0, 0.05) is 18.5 Å². The molecule has 0 saturated carbocycles. The van der Waals surface area contributed by atoms with Gasteiger partial charge in [0.2, 0.25) is 0 Å². The summed E-state index contributed by atoms with van der Waals surface area (Å²) in [5, 5.41) is 2.87. The number of nitrogens with one attached hydrogen (secondary N) is 1. The number of hydrogen-bond acceptors (Lipinski definition) is 4. The first-order chi connectivity index (χ1) is 12.5. The Morgan fingerprint density at radius 1 is 1.00 bits per heavy atom. The predicted molar refractivity (Wildman–Crippen MR) is 101 cm³/mol. The number of methoxy groups -OCH3 is 1. The Bertz CT molecular complexity index is 723. The maximum atomic E-state index is 12.1. The van der Waals surface area contributed by atoms with E-state index in [9.17, 15) is 9.59 Å². The molecule has 2 aromatic carbocycles. The van der Waals surface area contributed by atoms with E-state index in [1.165, 1.54) is 0 Å². The van der Waals surface area contributed by atoms with Crippen molar-refractivity contribution in [2.24, 2.45) is 0 Å². The first-order valence-corrected chi connectivity index (χ1v) is 8.74. The second-order valence-electron chi connectivity index (χ2n) is 5.95. The average molecular weight is 355 g/mol. The lowest BCUT2D eigenvalue weighted by Gasteiger charge is -2.15. The van der Waals surface area contributed by atoms with E-state index in [2.05, 4.69) is 5.32 Å². The van der Waals surface area contributed by atoms with Gasteiger partial charge in [-0.3, -0.25) is 9.59 Å². The molecule has 0 bridgehead atoms. The number of ether oxygens (including phenoxy) is 2. The monoisotopic (exact) mass is 355 g/mol. The molecule has 1 unspecified atom stereocenters. The zero-order valence-corrected chi connectivity index (χ0v) is 15.5. The van der Waals surface area contributed by atoms with Crippen molar-refractivity contribution in [3.63, 3.8) is 0 Å². The van der Waals surface area contributed by atoms with Gasteiger partial charge in [-0.2, -0.15) is 0 Å². The predicted octanol–water partition coefficient (Wildman–Crippen LogP) is 3.41. The Morgan fingerprint density at radius 3 is 2.19 bits per heavy atom. The van der Waals surface area contributed by atoms with Gasteiger partial charge in [-0.15, -0.1) is 0 Å². The molecule has 1 atom stereocenters. The molecule has 26 heavy (non-hydrogen) atoms. The van der Waals surface area contributed by atoms with Crippen molar-refractivity contribution < 1.29 is 19.1 Å². The smallest absolute Gasteiger partial charge is 0.260 e. The highest BCUT2D eigenvalue weighted by atomic mass is 16.5. The Morgan fingerprint density at radius 2 is 1.62 bits per heavy atom. The summed E-state index contributed by atoms with van der Waals surface area (Å²) in [6.07, 6.45) is 0.585. The maximum absolute atomic E-state index is 12.1. The zero-order chi connectivity index (χ0) is 18.9. The lowest BCUT2D eigenvalue weighted by Crippen LogP contribution is -2.37. The molecule has 5 nitrogen and oxygen atoms in total. The molecule has 2 aromatic rings. The topological polar surface area (TPSA) is 64.6 Å². The standard InChI is InChI=1S/C21H25NO4/c1-4-20(23)17-7-11-19(12-8-17)26-15(2)21(24)22-14-13-16-5-9-18(25-3)10-6-16/h5-12,15H,4,13-14H2,1-3H3,(H,22,24). The number of Topliss-reactive ketones (excluding diaryl/α,β-unsaturated/α-hetero) is 1. The summed E-state index contributed by atoms with van der Waals surface area (Å²) < 4.78 is 10.8. The van der Waals surface area contributed by atoms with Crippen LogP contribution in [0.4, 0.5) is 0 Å². The lowest BCUT2D eigenvalue weighted by molar-refractivity contribution is -0.127. The molecule has 0 aliphatic carbocycles. The number of hydrogen-bond donors (Lipinski definition) is 1. The summed E-state index contributed by atoms with van der Waals surface area (Å²) in [5.74, 6) is 1.29. The van der Waals surface area contributed by atoms with Crippen molar-refractivity contribution in [2.45, 2.75) is 32.8 Å². The van der Waals surface area contributed by atoms with Crippen LogP contribution in [-0.4, -0.2) is 31.4 Å². The Labute approximate surface area is 154 Å². The Kier molecular flexibility index (Phi) is 7.21. The van der Waals surface area contributed by atoms with Gasteiger partial charge in [-0.1, -0.05) is 19.1 Å². The van der Waals surface area contributed by atoms with E-state index in [0.29, 0.717) is 24.3 Å². The van der Waals surface area contributed by atoms with Crippen molar-refractivity contribution in [2.75, 3.05) is 13.7 Å². The van der Waals surface area contributed by atoms with E-state index in [1.54, 1.807) is 38.3 Å². The van der Waals surface area contributed by atoms with Gasteiger partial charge in [0.25, 0.3) is 5.91 Å². The van der Waals surface area contributed by atoms with Crippen LogP contribution in [0.5, 0.6) is 11.5 Å². The van der Waals surface area contributed by atoms with Crippen molar-refractivity contribution in [1.29, 1.82) is 0 Å². The second-order valence-corrected chi connectivity index (χ2v) is 5.95. The fraction of sp³-hybridized carbons (Fsp3) is 0.333. The van der Waals surface area contributed by atoms with Gasteiger partial charge in [-0.25, -0.2) is 0 Å². The van der Waals surface area contributed by atoms with Crippen LogP contribution < -0.4 is 14.8 Å². The van der Waals surface area contributed by atoms with Crippen LogP contribution in [-0.2, 0) is 11.2 Å². The molecule has 2 rings (SSSR count). The molecule has 0 radical (unpaired) electrons. The maximum Gasteiger partial charge on any atom is 0.260 e. The molecular formula is C21H25NO4. The van der Waals surface area contributed by atoms with E-state index in [1.807, 2.05) is 31.2 Å². The highest BCUT2D eigenvalue weighted by molar-refractivity contribution is 5.95. The summed E-state index contributed by atoms with van der Waals surface area (Å²) in [4.78, 5) is 23.8. The molecule has 0 aliphatic rings. The third kappa shape index (κ3) is 5.62. The molecule has 1 N–H and O–H groups in total. The summed E-state index contributed by atoms with van der Waals surface area (Å²) in [6.45, 7) is 4.06. The zero-order valence-electron chi connectivity index (χ0n) is 15.5. The highest BCUT2D eigenvalue weighted by Crippen LogP contribution is 2.15. The van der Waals surface area contributed by atoms with Crippen molar-refractivity contribution in [3.05, 3.63) is 59.7 Å². The molecule has 0 aliphatic heterocycles. The van der Waals surface area contributed by atoms with E-state index in [4.69, 9.17) is 9.47 Å². The van der Waals surface area contributed by atoms with Crippen LogP contribution in [0, 0.1) is 0 Å². The van der Waals surface area contributed by atoms with Gasteiger partial charge in [0.1, 0.15) is 11.5 Å². The van der Waals surface area contributed by atoms with Gasteiger partial charge in [-0.05, 0) is 55.3 Å². The summed E-state index contributed by atoms with van der Waals surface area (Å²) in [6, 6.07) is 14.6. The minimum Gasteiger partial charge on any atom is -0.497 e. The third-order valence-corrected chi connectivity index (χ3v) is 4.05. The van der Waals surface area contributed by atoms with Crippen LogP contribution in [0.25, 0.3) is 0 Å². The summed E-state index contributed by atoms with van der Waals surface area (Å²) >= 11 is 0. The molecule has 0 aromatic heterocycles. The van der Waals surface area contributed by atoms with E-state index in [-0.39, 0.29) is 11.7 Å². The Balaban J connectivity index is 1.78. The van der Waals surface area contributed by atoms with Crippen LogP contribution in [0.1, 0.15) is 36.2 Å². The Hall–Kier alpha value is -2.82. The summed E-state index contributed by atoms with van der Waals surface area (Å²) in [5.41, 5.74) is 1.77. The largest absolute Gasteiger partial charge is 0.497 e. The molecule has 5 heteroatoms. The lowest BCUT2D eigenvalue weighted by atomic mass is 10.1.